The normalized spacial score (nSPS) is 34.1. The predicted octanol–water partition coefficient (Wildman–Crippen LogP) is 5.14. The lowest BCUT2D eigenvalue weighted by Crippen LogP contribution is -2.55. The second-order valence-electron chi connectivity index (χ2n) is 9.13. The Bertz CT molecular complexity index is 616. The molecule has 0 aromatic carbocycles. The van der Waals surface area contributed by atoms with Gasteiger partial charge in [0.25, 0.3) is 0 Å². The molecule has 0 aliphatic heterocycles. The number of aliphatic carboxylic acids is 1. The number of hydrogen-bond acceptors (Lipinski definition) is 3. The third-order valence-electron chi connectivity index (χ3n) is 7.02. The number of rotatable bonds is 5. The Balaban J connectivity index is 2.23. The van der Waals surface area contributed by atoms with Gasteiger partial charge in [-0.3, -0.25) is 4.79 Å². The molecule has 2 rings (SSSR count). The van der Waals surface area contributed by atoms with Gasteiger partial charge in [-0.05, 0) is 62.7 Å². The van der Waals surface area contributed by atoms with Crippen molar-refractivity contribution in [2.24, 2.45) is 22.7 Å². The lowest BCUT2D eigenvalue weighted by atomic mass is 9.46. The molecule has 4 atom stereocenters. The Labute approximate surface area is 157 Å². The Hall–Kier alpha value is -1.58. The van der Waals surface area contributed by atoms with Crippen LogP contribution in [0.4, 0.5) is 0 Å². The maximum absolute atomic E-state index is 11.5. The summed E-state index contributed by atoms with van der Waals surface area (Å²) in [6.45, 7) is 14.6. The first kappa shape index (κ1) is 20.7. The topological polar surface area (TPSA) is 63.6 Å². The molecule has 0 heterocycles. The summed E-state index contributed by atoms with van der Waals surface area (Å²) in [6, 6.07) is 0. The average molecular weight is 363 g/mol. The highest BCUT2D eigenvalue weighted by Gasteiger charge is 2.56. The summed E-state index contributed by atoms with van der Waals surface area (Å²) in [6.07, 6.45) is 6.99. The first-order valence-corrected chi connectivity index (χ1v) is 9.73. The van der Waals surface area contributed by atoms with E-state index < -0.39 is 5.97 Å². The summed E-state index contributed by atoms with van der Waals surface area (Å²) in [5.41, 5.74) is 2.26. The van der Waals surface area contributed by atoms with E-state index in [0.717, 1.165) is 44.1 Å². The van der Waals surface area contributed by atoms with Crippen LogP contribution in [0.1, 0.15) is 73.1 Å². The molecule has 0 amide bonds. The van der Waals surface area contributed by atoms with Crippen LogP contribution < -0.4 is 0 Å². The lowest BCUT2D eigenvalue weighted by molar-refractivity contribution is -0.174. The molecule has 146 valence electrons. The van der Waals surface area contributed by atoms with Crippen LogP contribution in [0.25, 0.3) is 0 Å². The van der Waals surface area contributed by atoms with E-state index >= 15 is 0 Å². The van der Waals surface area contributed by atoms with Crippen molar-refractivity contribution in [3.63, 3.8) is 0 Å². The molecule has 0 radical (unpaired) electrons. The number of esters is 1. The van der Waals surface area contributed by atoms with E-state index in [1.54, 1.807) is 0 Å². The fraction of sp³-hybridized carbons (Fsp3) is 0.727. The van der Waals surface area contributed by atoms with Crippen molar-refractivity contribution in [3.05, 3.63) is 23.8 Å². The standard InChI is InChI=1S/C22H34O4/c1-14(13-20(24)25)7-9-17-15(2)8-10-18-21(4,5)19(26-16(3)23)11-12-22(17,18)6/h13,17-19H,2,7-12H2,1,3-6H3,(H,24,25). The zero-order valence-electron chi connectivity index (χ0n) is 16.9. The molecule has 4 heteroatoms. The second kappa shape index (κ2) is 7.58. The summed E-state index contributed by atoms with van der Waals surface area (Å²) in [5, 5.41) is 8.95. The number of allylic oxidation sites excluding steroid dienone is 2. The average Bonchev–Trinajstić information content (AvgIpc) is 2.48. The van der Waals surface area contributed by atoms with Gasteiger partial charge in [-0.1, -0.05) is 38.5 Å². The Kier molecular flexibility index (Phi) is 6.04. The van der Waals surface area contributed by atoms with Gasteiger partial charge >= 0.3 is 11.9 Å². The number of hydrogen-bond donors (Lipinski definition) is 1. The van der Waals surface area contributed by atoms with Crippen molar-refractivity contribution in [1.82, 2.24) is 0 Å². The van der Waals surface area contributed by atoms with Crippen LogP contribution >= 0.6 is 0 Å². The minimum atomic E-state index is -0.878. The molecule has 2 aliphatic rings. The van der Waals surface area contributed by atoms with Crippen molar-refractivity contribution in [2.45, 2.75) is 79.2 Å². The van der Waals surface area contributed by atoms with Gasteiger partial charge in [0.2, 0.25) is 0 Å². The summed E-state index contributed by atoms with van der Waals surface area (Å²) < 4.78 is 5.67. The molecule has 4 unspecified atom stereocenters. The van der Waals surface area contributed by atoms with Crippen LogP contribution in [-0.2, 0) is 14.3 Å². The van der Waals surface area contributed by atoms with Gasteiger partial charge in [0.15, 0.2) is 0 Å². The highest BCUT2D eigenvalue weighted by atomic mass is 16.5. The maximum Gasteiger partial charge on any atom is 0.328 e. The summed E-state index contributed by atoms with van der Waals surface area (Å²) in [4.78, 5) is 22.4. The van der Waals surface area contributed by atoms with E-state index in [2.05, 4.69) is 27.4 Å². The first-order chi connectivity index (χ1) is 12.0. The fourth-order valence-electron chi connectivity index (χ4n) is 5.75. The lowest BCUT2D eigenvalue weighted by Gasteiger charge is -2.60. The Morgan fingerprint density at radius 2 is 1.92 bits per heavy atom. The highest BCUT2D eigenvalue weighted by molar-refractivity contribution is 5.80. The second-order valence-corrected chi connectivity index (χ2v) is 9.13. The molecule has 0 bridgehead atoms. The van der Waals surface area contributed by atoms with Crippen LogP contribution in [0.3, 0.4) is 0 Å². The smallest absolute Gasteiger partial charge is 0.328 e. The zero-order chi connectivity index (χ0) is 19.7. The molecule has 0 aromatic rings. The van der Waals surface area contributed by atoms with Gasteiger partial charge < -0.3 is 9.84 Å². The molecular weight excluding hydrogens is 328 g/mol. The minimum Gasteiger partial charge on any atom is -0.478 e. The van der Waals surface area contributed by atoms with Gasteiger partial charge in [-0.15, -0.1) is 0 Å². The molecule has 2 fully saturated rings. The van der Waals surface area contributed by atoms with Crippen LogP contribution in [0.15, 0.2) is 23.8 Å². The number of ether oxygens (including phenoxy) is 1. The third kappa shape index (κ3) is 4.05. The van der Waals surface area contributed by atoms with Crippen molar-refractivity contribution in [1.29, 1.82) is 0 Å². The van der Waals surface area contributed by atoms with E-state index in [4.69, 9.17) is 9.84 Å². The molecule has 2 saturated carbocycles. The molecular formula is C22H34O4. The first-order valence-electron chi connectivity index (χ1n) is 9.73. The maximum atomic E-state index is 11.5. The SMILES string of the molecule is C=C1CCC2C(C)(C)C(OC(C)=O)CCC2(C)C1CCC(C)=CC(=O)O. The summed E-state index contributed by atoms with van der Waals surface area (Å²) in [5.74, 6) is -0.224. The number of fused-ring (bicyclic) bond motifs is 1. The fourth-order valence-corrected chi connectivity index (χ4v) is 5.75. The molecule has 0 saturated heterocycles. The summed E-state index contributed by atoms with van der Waals surface area (Å²) in [7, 11) is 0. The van der Waals surface area contributed by atoms with Crippen molar-refractivity contribution in [2.75, 3.05) is 0 Å². The van der Waals surface area contributed by atoms with Crippen LogP contribution in [0.2, 0.25) is 0 Å². The van der Waals surface area contributed by atoms with Gasteiger partial charge in [0.1, 0.15) is 6.10 Å². The van der Waals surface area contributed by atoms with E-state index in [1.165, 1.54) is 18.6 Å². The van der Waals surface area contributed by atoms with Gasteiger partial charge in [-0.2, -0.15) is 0 Å². The quantitative estimate of drug-likeness (QED) is 0.418. The molecule has 26 heavy (non-hydrogen) atoms. The molecule has 1 N–H and O–H groups in total. The zero-order valence-corrected chi connectivity index (χ0v) is 16.9. The van der Waals surface area contributed by atoms with E-state index in [0.29, 0.717) is 11.8 Å². The molecule has 4 nitrogen and oxygen atoms in total. The van der Waals surface area contributed by atoms with E-state index in [9.17, 15) is 9.59 Å². The number of carboxylic acids is 1. The van der Waals surface area contributed by atoms with Crippen LogP contribution in [0, 0.1) is 22.7 Å². The Morgan fingerprint density at radius 1 is 1.27 bits per heavy atom. The third-order valence-corrected chi connectivity index (χ3v) is 7.02. The molecule has 0 spiro atoms. The number of carbonyl (C=O) groups excluding carboxylic acids is 1. The van der Waals surface area contributed by atoms with Crippen molar-refractivity contribution in [3.8, 4) is 0 Å². The van der Waals surface area contributed by atoms with Gasteiger partial charge in [-0.25, -0.2) is 4.79 Å². The number of carbonyl (C=O) groups is 2. The van der Waals surface area contributed by atoms with E-state index in [-0.39, 0.29) is 22.9 Å². The van der Waals surface area contributed by atoms with Crippen LogP contribution in [-0.4, -0.2) is 23.1 Å². The monoisotopic (exact) mass is 362 g/mol. The highest BCUT2D eigenvalue weighted by Crippen LogP contribution is 2.62. The summed E-state index contributed by atoms with van der Waals surface area (Å²) >= 11 is 0. The van der Waals surface area contributed by atoms with Crippen LogP contribution in [0.5, 0.6) is 0 Å². The van der Waals surface area contributed by atoms with Crippen molar-refractivity contribution < 1.29 is 19.4 Å². The van der Waals surface area contributed by atoms with E-state index in [1.807, 2.05) is 6.92 Å². The van der Waals surface area contributed by atoms with Gasteiger partial charge in [0, 0.05) is 18.4 Å². The predicted molar refractivity (Wildman–Crippen MR) is 103 cm³/mol. The molecule has 0 aromatic heterocycles. The molecule has 2 aliphatic carbocycles. The van der Waals surface area contributed by atoms with Gasteiger partial charge in [0.05, 0.1) is 0 Å². The minimum absolute atomic E-state index is 0.0290. The number of carboxylic acid groups (broad SMARTS) is 1. The van der Waals surface area contributed by atoms with Crippen molar-refractivity contribution >= 4 is 11.9 Å². The largest absolute Gasteiger partial charge is 0.478 e. The Morgan fingerprint density at radius 3 is 2.50 bits per heavy atom.